The summed E-state index contributed by atoms with van der Waals surface area (Å²) < 4.78 is 18.1. The third-order valence-electron chi connectivity index (χ3n) is 5.09. The first-order valence-corrected chi connectivity index (χ1v) is 10.6. The fourth-order valence-electron chi connectivity index (χ4n) is 3.41. The number of unbranched alkanes of at least 4 members (excludes halogenated alkanes) is 2. The van der Waals surface area contributed by atoms with Crippen molar-refractivity contribution in [3.63, 3.8) is 0 Å². The summed E-state index contributed by atoms with van der Waals surface area (Å²) in [6.07, 6.45) is 5.67. The Bertz CT molecular complexity index is 1090. The van der Waals surface area contributed by atoms with Crippen LogP contribution in [0.4, 0.5) is 0 Å². The predicted octanol–water partition coefficient (Wildman–Crippen LogP) is 4.75. The highest BCUT2D eigenvalue weighted by Crippen LogP contribution is 2.31. The first-order valence-electron chi connectivity index (χ1n) is 10.6. The fourth-order valence-corrected chi connectivity index (χ4v) is 3.41. The van der Waals surface area contributed by atoms with Gasteiger partial charge in [-0.15, -0.1) is 0 Å². The summed E-state index contributed by atoms with van der Waals surface area (Å²) in [7, 11) is 1.61. The second kappa shape index (κ2) is 10.7. The molecular formula is C25H29NO5. The number of benzene rings is 2. The second-order valence-electron chi connectivity index (χ2n) is 7.45. The molecule has 0 aliphatic rings. The van der Waals surface area contributed by atoms with E-state index < -0.39 is 0 Å². The lowest BCUT2D eigenvalue weighted by molar-refractivity contribution is -0.131. The van der Waals surface area contributed by atoms with Crippen molar-refractivity contribution in [2.75, 3.05) is 13.7 Å². The van der Waals surface area contributed by atoms with Crippen molar-refractivity contribution in [1.29, 1.82) is 0 Å². The molecule has 0 N–H and O–H groups in total. The summed E-state index contributed by atoms with van der Waals surface area (Å²) in [5, 5.41) is 1.43. The average molecular weight is 424 g/mol. The number of nitrogens with zero attached hydrogens (tertiary/aromatic N) is 1. The van der Waals surface area contributed by atoms with Crippen LogP contribution in [0.15, 0.2) is 53.5 Å². The van der Waals surface area contributed by atoms with Gasteiger partial charge in [-0.25, -0.2) is 0 Å². The summed E-state index contributed by atoms with van der Waals surface area (Å²) in [6, 6.07) is 12.9. The Morgan fingerprint density at radius 3 is 2.48 bits per heavy atom. The average Bonchev–Trinajstić information content (AvgIpc) is 2.76. The molecule has 31 heavy (non-hydrogen) atoms. The minimum atomic E-state index is -0.346. The zero-order valence-electron chi connectivity index (χ0n) is 18.3. The first kappa shape index (κ1) is 22.4. The van der Waals surface area contributed by atoms with Crippen molar-refractivity contribution in [2.45, 2.75) is 46.1 Å². The maximum Gasteiger partial charge on any atom is 0.308 e. The van der Waals surface area contributed by atoms with Gasteiger partial charge in [0.05, 0.1) is 19.1 Å². The highest BCUT2D eigenvalue weighted by molar-refractivity contribution is 5.85. The van der Waals surface area contributed by atoms with Gasteiger partial charge in [0.2, 0.25) is 0 Å². The van der Waals surface area contributed by atoms with E-state index >= 15 is 0 Å². The van der Waals surface area contributed by atoms with Crippen LogP contribution < -0.4 is 19.8 Å². The second-order valence-corrected chi connectivity index (χ2v) is 7.45. The van der Waals surface area contributed by atoms with Crippen LogP contribution in [0.2, 0.25) is 0 Å². The largest absolute Gasteiger partial charge is 0.493 e. The monoisotopic (exact) mass is 423 g/mol. The number of fused-ring (bicyclic) bond motifs is 1. The number of aromatic nitrogens is 1. The summed E-state index contributed by atoms with van der Waals surface area (Å²) >= 11 is 0. The molecule has 0 fully saturated rings. The number of carbonyl (C=O) groups is 1. The van der Waals surface area contributed by atoms with Crippen LogP contribution in [0, 0.1) is 0 Å². The minimum absolute atomic E-state index is 0.0601. The molecule has 6 nitrogen and oxygen atoms in total. The lowest BCUT2D eigenvalue weighted by atomic mass is 10.1. The van der Waals surface area contributed by atoms with Gasteiger partial charge < -0.3 is 18.8 Å². The Balaban J connectivity index is 1.77. The minimum Gasteiger partial charge on any atom is -0.493 e. The van der Waals surface area contributed by atoms with E-state index in [2.05, 4.69) is 6.92 Å². The molecule has 0 aliphatic carbocycles. The van der Waals surface area contributed by atoms with E-state index in [9.17, 15) is 9.59 Å². The Hall–Kier alpha value is -3.28. The number of hydrogen-bond donors (Lipinski definition) is 0. The number of pyridine rings is 1. The number of esters is 1. The Labute approximate surface area is 182 Å². The number of carbonyl (C=O) groups excluding carboxylic acids is 1. The van der Waals surface area contributed by atoms with Crippen molar-refractivity contribution in [3.05, 3.63) is 64.6 Å². The molecule has 3 aromatic rings. The molecule has 0 unspecified atom stereocenters. The van der Waals surface area contributed by atoms with Crippen LogP contribution in [0.25, 0.3) is 10.8 Å². The third kappa shape index (κ3) is 5.87. The molecule has 0 aliphatic heterocycles. The van der Waals surface area contributed by atoms with Crippen molar-refractivity contribution in [1.82, 2.24) is 4.57 Å². The highest BCUT2D eigenvalue weighted by atomic mass is 16.5. The molecule has 0 saturated carbocycles. The van der Waals surface area contributed by atoms with E-state index in [-0.39, 0.29) is 11.5 Å². The van der Waals surface area contributed by atoms with Gasteiger partial charge in [0.1, 0.15) is 5.75 Å². The van der Waals surface area contributed by atoms with Gasteiger partial charge in [-0.05, 0) is 54.1 Å². The van der Waals surface area contributed by atoms with Gasteiger partial charge >= 0.3 is 5.97 Å². The Morgan fingerprint density at radius 2 is 1.81 bits per heavy atom. The summed E-state index contributed by atoms with van der Waals surface area (Å²) in [5.74, 6) is 1.40. The lowest BCUT2D eigenvalue weighted by Gasteiger charge is -2.13. The molecule has 0 amide bonds. The van der Waals surface area contributed by atoms with Crippen molar-refractivity contribution >= 4 is 16.7 Å². The van der Waals surface area contributed by atoms with Crippen LogP contribution in [0.3, 0.4) is 0 Å². The standard InChI is InChI=1S/C25H29NO5/c1-4-5-6-15-30-24-17-22-20(16-23(24)29-3)12-14-26(25(22)28)13-11-19-7-9-21(10-8-19)31-18(2)27/h7-10,12,14,16-17H,4-6,11,13,15H2,1-3H3. The van der Waals surface area contributed by atoms with Crippen LogP contribution >= 0.6 is 0 Å². The smallest absolute Gasteiger partial charge is 0.308 e. The Morgan fingerprint density at radius 1 is 1.03 bits per heavy atom. The van der Waals surface area contributed by atoms with Gasteiger partial charge in [-0.3, -0.25) is 9.59 Å². The molecule has 2 aromatic carbocycles. The van der Waals surface area contributed by atoms with E-state index in [0.29, 0.717) is 42.2 Å². The molecule has 0 bridgehead atoms. The predicted molar refractivity (Wildman–Crippen MR) is 121 cm³/mol. The zero-order chi connectivity index (χ0) is 22.2. The number of ether oxygens (including phenoxy) is 3. The number of aryl methyl sites for hydroxylation is 2. The van der Waals surface area contributed by atoms with Gasteiger partial charge in [0.25, 0.3) is 5.56 Å². The molecule has 0 saturated heterocycles. The normalized spacial score (nSPS) is 10.8. The van der Waals surface area contributed by atoms with Crippen LogP contribution in [-0.4, -0.2) is 24.3 Å². The van der Waals surface area contributed by atoms with E-state index in [1.165, 1.54) is 6.92 Å². The summed E-state index contributed by atoms with van der Waals surface area (Å²) in [5.41, 5.74) is 0.993. The van der Waals surface area contributed by atoms with Crippen LogP contribution in [0.5, 0.6) is 17.2 Å². The topological polar surface area (TPSA) is 66.8 Å². The molecule has 6 heteroatoms. The SMILES string of the molecule is CCCCCOc1cc2c(=O)n(CCc3ccc(OC(C)=O)cc3)ccc2cc1OC. The van der Waals surface area contributed by atoms with Crippen LogP contribution in [-0.2, 0) is 17.8 Å². The van der Waals surface area contributed by atoms with E-state index in [0.717, 1.165) is 30.2 Å². The highest BCUT2D eigenvalue weighted by Gasteiger charge is 2.11. The molecule has 1 aromatic heterocycles. The molecule has 0 spiro atoms. The van der Waals surface area contributed by atoms with Gasteiger partial charge in [-0.2, -0.15) is 0 Å². The number of methoxy groups -OCH3 is 1. The van der Waals surface area contributed by atoms with Crippen LogP contribution in [0.1, 0.15) is 38.7 Å². The zero-order valence-corrected chi connectivity index (χ0v) is 18.3. The molecule has 164 valence electrons. The molecule has 1 heterocycles. The summed E-state index contributed by atoms with van der Waals surface area (Å²) in [4.78, 5) is 24.1. The molecular weight excluding hydrogens is 394 g/mol. The molecule has 0 radical (unpaired) electrons. The number of hydrogen-bond acceptors (Lipinski definition) is 5. The van der Waals surface area contributed by atoms with Crippen molar-refractivity contribution < 1.29 is 19.0 Å². The Kier molecular flexibility index (Phi) is 7.70. The van der Waals surface area contributed by atoms with E-state index in [1.807, 2.05) is 24.3 Å². The fraction of sp³-hybridized carbons (Fsp3) is 0.360. The van der Waals surface area contributed by atoms with Gasteiger partial charge in [0, 0.05) is 19.7 Å². The molecule has 3 rings (SSSR count). The maximum absolute atomic E-state index is 13.1. The van der Waals surface area contributed by atoms with E-state index in [4.69, 9.17) is 14.2 Å². The van der Waals surface area contributed by atoms with E-state index in [1.54, 1.807) is 36.1 Å². The quantitative estimate of drug-likeness (QED) is 0.268. The van der Waals surface area contributed by atoms with Crippen molar-refractivity contribution in [2.24, 2.45) is 0 Å². The van der Waals surface area contributed by atoms with Gasteiger partial charge in [0.15, 0.2) is 11.5 Å². The first-order chi connectivity index (χ1) is 15.0. The van der Waals surface area contributed by atoms with Gasteiger partial charge in [-0.1, -0.05) is 31.9 Å². The molecule has 0 atom stereocenters. The summed E-state index contributed by atoms with van der Waals surface area (Å²) in [6.45, 7) is 4.66. The lowest BCUT2D eigenvalue weighted by Crippen LogP contribution is -2.20. The third-order valence-corrected chi connectivity index (χ3v) is 5.09. The maximum atomic E-state index is 13.1. The number of rotatable bonds is 10. The van der Waals surface area contributed by atoms with Crippen molar-refractivity contribution in [3.8, 4) is 17.2 Å².